The van der Waals surface area contributed by atoms with E-state index in [1.54, 1.807) is 0 Å². The van der Waals surface area contributed by atoms with Crippen molar-refractivity contribution in [3.05, 3.63) is 28.4 Å². The molecule has 0 fully saturated rings. The predicted molar refractivity (Wildman–Crippen MR) is 43.8 cm³/mol. The Morgan fingerprint density at radius 1 is 1.50 bits per heavy atom. The van der Waals surface area contributed by atoms with Gasteiger partial charge >= 0.3 is 6.18 Å². The van der Waals surface area contributed by atoms with Crippen LogP contribution in [0.1, 0.15) is 19.0 Å². The van der Waals surface area contributed by atoms with Gasteiger partial charge < -0.3 is 0 Å². The second-order valence-corrected chi connectivity index (χ2v) is 2.80. The van der Waals surface area contributed by atoms with Crippen LogP contribution in [-0.4, -0.2) is 9.55 Å². The molecule has 0 saturated heterocycles. The van der Waals surface area contributed by atoms with Crippen LogP contribution >= 0.6 is 0 Å². The average Bonchev–Trinajstić information content (AvgIpc) is 2.07. The molecule has 0 bridgehead atoms. The highest BCUT2D eigenvalue weighted by Crippen LogP contribution is 2.25. The Bertz CT molecular complexity index is 370. The highest BCUT2D eigenvalue weighted by molar-refractivity contribution is 5.03. The number of halogens is 3. The first-order valence-corrected chi connectivity index (χ1v) is 4.09. The Balaban J connectivity index is 3.07. The molecule has 14 heavy (non-hydrogen) atoms. The molecule has 0 N–H and O–H groups in total. The standard InChI is InChI=1S/C8H9F3N2O/c1-2-3-13-5-12-6(4-7(13)14)8(9,10)11/h4-5H,2-3H2,1H3. The molecule has 0 atom stereocenters. The van der Waals surface area contributed by atoms with E-state index in [0.717, 1.165) is 10.9 Å². The lowest BCUT2D eigenvalue weighted by atomic mass is 10.4. The molecule has 78 valence electrons. The molecule has 1 heterocycles. The quantitative estimate of drug-likeness (QED) is 0.737. The summed E-state index contributed by atoms with van der Waals surface area (Å²) in [4.78, 5) is 14.3. The molecule has 0 aliphatic rings. The van der Waals surface area contributed by atoms with E-state index in [2.05, 4.69) is 4.98 Å². The third-order valence-corrected chi connectivity index (χ3v) is 1.63. The third kappa shape index (κ3) is 2.34. The molecule has 1 aromatic heterocycles. The Morgan fingerprint density at radius 3 is 2.57 bits per heavy atom. The number of nitrogens with zero attached hydrogens (tertiary/aromatic N) is 2. The smallest absolute Gasteiger partial charge is 0.299 e. The summed E-state index contributed by atoms with van der Waals surface area (Å²) in [5.74, 6) is 0. The molecule has 0 unspecified atom stereocenters. The molecule has 0 radical (unpaired) electrons. The van der Waals surface area contributed by atoms with Crippen molar-refractivity contribution in [2.45, 2.75) is 26.1 Å². The largest absolute Gasteiger partial charge is 0.433 e. The molecule has 0 aromatic carbocycles. The van der Waals surface area contributed by atoms with Crippen molar-refractivity contribution >= 4 is 0 Å². The van der Waals surface area contributed by atoms with Crippen molar-refractivity contribution in [3.8, 4) is 0 Å². The summed E-state index contributed by atoms with van der Waals surface area (Å²) in [5, 5.41) is 0. The fraction of sp³-hybridized carbons (Fsp3) is 0.500. The number of hydrogen-bond acceptors (Lipinski definition) is 2. The summed E-state index contributed by atoms with van der Waals surface area (Å²) >= 11 is 0. The van der Waals surface area contributed by atoms with Gasteiger partial charge in [0.25, 0.3) is 5.56 Å². The first-order valence-electron chi connectivity index (χ1n) is 4.09. The molecular weight excluding hydrogens is 197 g/mol. The Labute approximate surface area is 78.2 Å². The van der Waals surface area contributed by atoms with Gasteiger partial charge in [-0.2, -0.15) is 13.2 Å². The van der Waals surface area contributed by atoms with E-state index in [1.807, 2.05) is 6.92 Å². The summed E-state index contributed by atoms with van der Waals surface area (Å²) in [7, 11) is 0. The molecule has 0 aliphatic carbocycles. The van der Waals surface area contributed by atoms with Crippen molar-refractivity contribution in [1.82, 2.24) is 9.55 Å². The molecule has 6 heteroatoms. The molecule has 1 aromatic rings. The van der Waals surface area contributed by atoms with Crippen molar-refractivity contribution in [2.24, 2.45) is 0 Å². The Kier molecular flexibility index (Phi) is 2.93. The molecule has 3 nitrogen and oxygen atoms in total. The lowest BCUT2D eigenvalue weighted by Gasteiger charge is -2.06. The van der Waals surface area contributed by atoms with Crippen molar-refractivity contribution in [1.29, 1.82) is 0 Å². The van der Waals surface area contributed by atoms with Crippen molar-refractivity contribution < 1.29 is 13.2 Å². The Hall–Kier alpha value is -1.33. The van der Waals surface area contributed by atoms with E-state index >= 15 is 0 Å². The maximum absolute atomic E-state index is 12.1. The lowest BCUT2D eigenvalue weighted by Crippen LogP contribution is -2.23. The zero-order chi connectivity index (χ0) is 10.8. The first-order chi connectivity index (χ1) is 6.45. The van der Waals surface area contributed by atoms with E-state index in [9.17, 15) is 18.0 Å². The maximum atomic E-state index is 12.1. The minimum atomic E-state index is -4.55. The summed E-state index contributed by atoms with van der Waals surface area (Å²) in [6, 6.07) is 0.510. The minimum Gasteiger partial charge on any atom is -0.299 e. The van der Waals surface area contributed by atoms with E-state index in [1.165, 1.54) is 0 Å². The van der Waals surface area contributed by atoms with Gasteiger partial charge in [-0.15, -0.1) is 0 Å². The molecule has 0 amide bonds. The van der Waals surface area contributed by atoms with Crippen LogP contribution in [0, 0.1) is 0 Å². The van der Waals surface area contributed by atoms with Gasteiger partial charge in [-0.05, 0) is 6.42 Å². The third-order valence-electron chi connectivity index (χ3n) is 1.63. The fourth-order valence-electron chi connectivity index (χ4n) is 0.990. The summed E-state index contributed by atoms with van der Waals surface area (Å²) in [5.41, 5.74) is -1.82. The number of aromatic nitrogens is 2. The van der Waals surface area contributed by atoms with Crippen molar-refractivity contribution in [3.63, 3.8) is 0 Å². The van der Waals surface area contributed by atoms with Gasteiger partial charge in [0.15, 0.2) is 5.69 Å². The summed E-state index contributed by atoms with van der Waals surface area (Å²) in [6.45, 7) is 2.20. The number of rotatable bonds is 2. The van der Waals surface area contributed by atoms with Crippen molar-refractivity contribution in [2.75, 3.05) is 0 Å². The van der Waals surface area contributed by atoms with Gasteiger partial charge in [0, 0.05) is 12.6 Å². The Morgan fingerprint density at radius 2 is 2.14 bits per heavy atom. The van der Waals surface area contributed by atoms with Crippen LogP contribution in [0.5, 0.6) is 0 Å². The van der Waals surface area contributed by atoms with Gasteiger partial charge in [0.2, 0.25) is 0 Å². The lowest BCUT2D eigenvalue weighted by molar-refractivity contribution is -0.141. The van der Waals surface area contributed by atoms with Gasteiger partial charge in [-0.3, -0.25) is 9.36 Å². The van der Waals surface area contributed by atoms with Gasteiger partial charge in [-0.1, -0.05) is 6.92 Å². The fourth-order valence-corrected chi connectivity index (χ4v) is 0.990. The number of hydrogen-bond donors (Lipinski definition) is 0. The molecule has 0 aliphatic heterocycles. The van der Waals surface area contributed by atoms with E-state index in [0.29, 0.717) is 19.0 Å². The van der Waals surface area contributed by atoms with Gasteiger partial charge in [0.1, 0.15) is 0 Å². The highest BCUT2D eigenvalue weighted by Gasteiger charge is 2.32. The van der Waals surface area contributed by atoms with Crippen LogP contribution in [0.4, 0.5) is 13.2 Å². The molecule has 0 saturated carbocycles. The zero-order valence-electron chi connectivity index (χ0n) is 7.51. The molecular formula is C8H9F3N2O. The van der Waals surface area contributed by atoms with Crippen LogP contribution < -0.4 is 5.56 Å². The average molecular weight is 206 g/mol. The monoisotopic (exact) mass is 206 g/mol. The summed E-state index contributed by atoms with van der Waals surface area (Å²) in [6.07, 6.45) is -2.95. The maximum Gasteiger partial charge on any atom is 0.433 e. The van der Waals surface area contributed by atoms with Gasteiger partial charge in [-0.25, -0.2) is 4.98 Å². The normalized spacial score (nSPS) is 11.7. The molecule has 1 rings (SSSR count). The van der Waals surface area contributed by atoms with E-state index in [-0.39, 0.29) is 0 Å². The van der Waals surface area contributed by atoms with Gasteiger partial charge in [0.05, 0.1) is 6.33 Å². The molecule has 0 spiro atoms. The number of alkyl halides is 3. The minimum absolute atomic E-state index is 0.379. The van der Waals surface area contributed by atoms with E-state index in [4.69, 9.17) is 0 Å². The second kappa shape index (κ2) is 3.81. The second-order valence-electron chi connectivity index (χ2n) is 2.80. The van der Waals surface area contributed by atoms with Crippen LogP contribution in [0.15, 0.2) is 17.2 Å². The summed E-state index contributed by atoms with van der Waals surface area (Å²) < 4.78 is 37.4. The SMILES string of the molecule is CCCn1cnc(C(F)(F)F)cc1=O. The topological polar surface area (TPSA) is 34.9 Å². The predicted octanol–water partition coefficient (Wildman–Crippen LogP) is 1.67. The number of aryl methyl sites for hydroxylation is 1. The van der Waals surface area contributed by atoms with Crippen LogP contribution in [0.2, 0.25) is 0 Å². The zero-order valence-corrected chi connectivity index (χ0v) is 7.51. The van der Waals surface area contributed by atoms with Crippen LogP contribution in [0.3, 0.4) is 0 Å². The van der Waals surface area contributed by atoms with E-state index < -0.39 is 17.4 Å². The first kappa shape index (κ1) is 10.7. The van der Waals surface area contributed by atoms with Crippen LogP contribution in [0.25, 0.3) is 0 Å². The van der Waals surface area contributed by atoms with Crippen LogP contribution in [-0.2, 0) is 12.7 Å². The highest BCUT2D eigenvalue weighted by atomic mass is 19.4.